The Labute approximate surface area is 107 Å². The lowest BCUT2D eigenvalue weighted by atomic mass is 10.2. The number of carbonyl (C=O) groups excluding carboxylic acids is 2. The van der Waals surface area contributed by atoms with Crippen LogP contribution in [0.15, 0.2) is 0 Å². The van der Waals surface area contributed by atoms with Crippen molar-refractivity contribution in [2.75, 3.05) is 32.8 Å². The lowest BCUT2D eigenvalue weighted by Gasteiger charge is -2.23. The molecule has 0 bridgehead atoms. The molecule has 0 saturated carbocycles. The molecule has 0 radical (unpaired) electrons. The third-order valence-electron chi connectivity index (χ3n) is 2.60. The smallest absolute Gasteiger partial charge is 0.305 e. The van der Waals surface area contributed by atoms with Crippen molar-refractivity contribution in [1.29, 1.82) is 0 Å². The molecule has 0 aromatic rings. The first-order valence-corrected chi connectivity index (χ1v) is 6.47. The Balaban J connectivity index is 2.01. The lowest BCUT2D eigenvalue weighted by Crippen LogP contribution is -2.41. The molecule has 1 aliphatic rings. The number of hydrogen-bond donors (Lipinski definition) is 2. The molecular weight excluding hydrogens is 236 g/mol. The molecule has 1 aliphatic heterocycles. The van der Waals surface area contributed by atoms with Crippen LogP contribution in [0.3, 0.4) is 0 Å². The molecule has 1 amide bonds. The number of ether oxygens (including phenoxy) is 2. The second kappa shape index (κ2) is 8.88. The van der Waals surface area contributed by atoms with Gasteiger partial charge in [-0.1, -0.05) is 0 Å². The van der Waals surface area contributed by atoms with E-state index in [0.717, 1.165) is 13.1 Å². The zero-order chi connectivity index (χ0) is 13.2. The summed E-state index contributed by atoms with van der Waals surface area (Å²) >= 11 is 0. The number of morpholine rings is 1. The molecule has 1 atom stereocenters. The van der Waals surface area contributed by atoms with Crippen LogP contribution in [-0.2, 0) is 19.1 Å². The lowest BCUT2D eigenvalue weighted by molar-refractivity contribution is -0.143. The first kappa shape index (κ1) is 14.9. The van der Waals surface area contributed by atoms with Crippen LogP contribution in [0.5, 0.6) is 0 Å². The van der Waals surface area contributed by atoms with Gasteiger partial charge in [-0.05, 0) is 13.3 Å². The summed E-state index contributed by atoms with van der Waals surface area (Å²) < 4.78 is 10.2. The Morgan fingerprint density at radius 2 is 2.33 bits per heavy atom. The Morgan fingerprint density at radius 3 is 3.00 bits per heavy atom. The van der Waals surface area contributed by atoms with E-state index in [1.165, 1.54) is 0 Å². The summed E-state index contributed by atoms with van der Waals surface area (Å²) in [5.41, 5.74) is 0. The zero-order valence-corrected chi connectivity index (χ0v) is 10.9. The molecule has 1 saturated heterocycles. The van der Waals surface area contributed by atoms with Crippen LogP contribution in [0.1, 0.15) is 26.2 Å². The number of esters is 1. The van der Waals surface area contributed by atoms with Gasteiger partial charge >= 0.3 is 5.97 Å². The van der Waals surface area contributed by atoms with Crippen molar-refractivity contribution in [2.45, 2.75) is 32.3 Å². The van der Waals surface area contributed by atoms with Gasteiger partial charge in [0.1, 0.15) is 0 Å². The van der Waals surface area contributed by atoms with E-state index >= 15 is 0 Å². The summed E-state index contributed by atoms with van der Waals surface area (Å²) in [5.74, 6) is -0.251. The maximum Gasteiger partial charge on any atom is 0.305 e. The Hall–Kier alpha value is -1.14. The van der Waals surface area contributed by atoms with Gasteiger partial charge in [-0.15, -0.1) is 0 Å². The van der Waals surface area contributed by atoms with Crippen molar-refractivity contribution in [3.8, 4) is 0 Å². The quantitative estimate of drug-likeness (QED) is 0.489. The Morgan fingerprint density at radius 1 is 1.50 bits per heavy atom. The third-order valence-corrected chi connectivity index (χ3v) is 2.60. The zero-order valence-electron chi connectivity index (χ0n) is 10.9. The van der Waals surface area contributed by atoms with E-state index in [1.54, 1.807) is 6.92 Å². The van der Waals surface area contributed by atoms with Gasteiger partial charge in [0, 0.05) is 26.1 Å². The van der Waals surface area contributed by atoms with Gasteiger partial charge in [-0.25, -0.2) is 0 Å². The van der Waals surface area contributed by atoms with Gasteiger partial charge in [-0.3, -0.25) is 9.59 Å². The number of carbonyl (C=O) groups is 2. The largest absolute Gasteiger partial charge is 0.466 e. The molecule has 1 rings (SSSR count). The molecular formula is C12H22N2O4. The van der Waals surface area contributed by atoms with Crippen LogP contribution in [0, 0.1) is 0 Å². The second-order valence-corrected chi connectivity index (χ2v) is 4.16. The second-order valence-electron chi connectivity index (χ2n) is 4.16. The van der Waals surface area contributed by atoms with Gasteiger partial charge in [0.15, 0.2) is 0 Å². The van der Waals surface area contributed by atoms with Gasteiger partial charge in [0.25, 0.3) is 0 Å². The minimum atomic E-state index is -0.216. The van der Waals surface area contributed by atoms with Crippen LogP contribution < -0.4 is 10.6 Å². The number of hydrogen-bond acceptors (Lipinski definition) is 5. The summed E-state index contributed by atoms with van der Waals surface area (Å²) in [4.78, 5) is 22.6. The first-order valence-electron chi connectivity index (χ1n) is 6.47. The molecule has 1 fully saturated rings. The standard InChI is InChI=1S/C12H22N2O4/c1-2-17-12(16)4-3-5-14-11(15)8-10-9-13-6-7-18-10/h10,13H,2-9H2,1H3,(H,14,15). The van der Waals surface area contributed by atoms with E-state index in [4.69, 9.17) is 9.47 Å². The van der Waals surface area contributed by atoms with Crippen molar-refractivity contribution in [3.63, 3.8) is 0 Å². The molecule has 1 unspecified atom stereocenters. The highest BCUT2D eigenvalue weighted by Crippen LogP contribution is 2.01. The SMILES string of the molecule is CCOC(=O)CCCNC(=O)CC1CNCCO1. The average Bonchev–Trinajstić information content (AvgIpc) is 2.36. The van der Waals surface area contributed by atoms with E-state index < -0.39 is 0 Å². The Bertz CT molecular complexity index is 265. The summed E-state index contributed by atoms with van der Waals surface area (Å²) in [6, 6.07) is 0. The summed E-state index contributed by atoms with van der Waals surface area (Å²) in [7, 11) is 0. The van der Waals surface area contributed by atoms with Gasteiger partial charge in [0.2, 0.25) is 5.91 Å². The summed E-state index contributed by atoms with van der Waals surface area (Å²) in [6.45, 7) is 4.89. The van der Waals surface area contributed by atoms with Crippen LogP contribution in [0.25, 0.3) is 0 Å². The predicted molar refractivity (Wildman–Crippen MR) is 66.1 cm³/mol. The van der Waals surface area contributed by atoms with E-state index in [-0.39, 0.29) is 18.0 Å². The highest BCUT2D eigenvalue weighted by atomic mass is 16.5. The maximum atomic E-state index is 11.5. The van der Waals surface area contributed by atoms with Crippen LogP contribution in [0.4, 0.5) is 0 Å². The van der Waals surface area contributed by atoms with Crippen LogP contribution in [-0.4, -0.2) is 50.8 Å². The number of nitrogens with one attached hydrogen (secondary N) is 2. The van der Waals surface area contributed by atoms with E-state index in [9.17, 15) is 9.59 Å². The fourth-order valence-corrected chi connectivity index (χ4v) is 1.72. The van der Waals surface area contributed by atoms with Crippen molar-refractivity contribution in [2.24, 2.45) is 0 Å². The first-order chi connectivity index (χ1) is 8.72. The number of rotatable bonds is 7. The summed E-state index contributed by atoms with van der Waals surface area (Å²) in [6.07, 6.45) is 1.28. The maximum absolute atomic E-state index is 11.5. The average molecular weight is 258 g/mol. The molecule has 2 N–H and O–H groups in total. The fraction of sp³-hybridized carbons (Fsp3) is 0.833. The van der Waals surface area contributed by atoms with Gasteiger partial charge < -0.3 is 20.1 Å². The molecule has 0 aromatic carbocycles. The van der Waals surface area contributed by atoms with Crippen LogP contribution >= 0.6 is 0 Å². The topological polar surface area (TPSA) is 76.7 Å². The molecule has 6 nitrogen and oxygen atoms in total. The van der Waals surface area contributed by atoms with Gasteiger partial charge in [0.05, 0.1) is 25.7 Å². The van der Waals surface area contributed by atoms with Crippen molar-refractivity contribution >= 4 is 11.9 Å². The van der Waals surface area contributed by atoms with E-state index in [1.807, 2.05) is 0 Å². The predicted octanol–water partition coefficient (Wildman–Crippen LogP) is -0.176. The molecule has 1 heterocycles. The Kier molecular flexibility index (Phi) is 7.36. The molecule has 104 valence electrons. The van der Waals surface area contributed by atoms with E-state index in [2.05, 4.69) is 10.6 Å². The normalized spacial score (nSPS) is 19.3. The van der Waals surface area contributed by atoms with Gasteiger partial charge in [-0.2, -0.15) is 0 Å². The van der Waals surface area contributed by atoms with Crippen molar-refractivity contribution in [1.82, 2.24) is 10.6 Å². The van der Waals surface area contributed by atoms with E-state index in [0.29, 0.717) is 39.0 Å². The molecule has 0 aromatic heterocycles. The highest BCUT2D eigenvalue weighted by molar-refractivity contribution is 5.76. The monoisotopic (exact) mass is 258 g/mol. The third kappa shape index (κ3) is 6.56. The fourth-order valence-electron chi connectivity index (χ4n) is 1.72. The minimum absolute atomic E-state index is 0.0347. The van der Waals surface area contributed by atoms with Crippen molar-refractivity contribution in [3.05, 3.63) is 0 Å². The van der Waals surface area contributed by atoms with Crippen molar-refractivity contribution < 1.29 is 19.1 Å². The molecule has 18 heavy (non-hydrogen) atoms. The summed E-state index contributed by atoms with van der Waals surface area (Å²) in [5, 5.41) is 5.94. The molecule has 0 spiro atoms. The van der Waals surface area contributed by atoms with Crippen LogP contribution in [0.2, 0.25) is 0 Å². The molecule has 0 aliphatic carbocycles. The number of amides is 1. The molecule has 6 heteroatoms. The minimum Gasteiger partial charge on any atom is -0.466 e. The highest BCUT2D eigenvalue weighted by Gasteiger charge is 2.16.